The van der Waals surface area contributed by atoms with Gasteiger partial charge in [-0.15, -0.1) is 24.7 Å². The molecule has 0 radical (unpaired) electrons. The summed E-state index contributed by atoms with van der Waals surface area (Å²) in [6.45, 7) is 10.8. The average molecular weight is 1890 g/mol. The number of carbonyl (C=O) groups is 6. The van der Waals surface area contributed by atoms with Gasteiger partial charge in [-0.05, 0) is 553 Å². The third-order valence-electron chi connectivity index (χ3n) is 8.76. The molecule has 0 aromatic carbocycles. The Bertz CT molecular complexity index is 7620. The normalized spacial score (nSPS) is 5.13. The molecule has 134 heavy (non-hydrogen) atoms. The van der Waals surface area contributed by atoms with Crippen LogP contribution in [0, 0.1) is 593 Å². The Hall–Kier alpha value is -25.2. The van der Waals surface area contributed by atoms with Gasteiger partial charge >= 0.3 is 35.8 Å². The van der Waals surface area contributed by atoms with Gasteiger partial charge in [0.25, 0.3) is 0 Å². The third kappa shape index (κ3) is 109. The molecule has 0 bridgehead atoms. The first-order chi connectivity index (χ1) is 64.9. The predicted octanol–water partition coefficient (Wildman–Crippen LogP) is 25.9. The van der Waals surface area contributed by atoms with Gasteiger partial charge in [0, 0.05) is 170 Å². The van der Waals surface area contributed by atoms with Crippen molar-refractivity contribution in [2.75, 3.05) is 26.4 Å². The molecule has 0 aliphatic heterocycles. The van der Waals surface area contributed by atoms with E-state index in [1.54, 1.807) is 55.4 Å². The van der Waals surface area contributed by atoms with Gasteiger partial charge in [-0.3, -0.25) is 0 Å². The van der Waals surface area contributed by atoms with Crippen molar-refractivity contribution in [3.05, 3.63) is 0 Å². The zero-order valence-corrected chi connectivity index (χ0v) is 70.0. The molecule has 0 heterocycles. The van der Waals surface area contributed by atoms with Crippen molar-refractivity contribution in [2.45, 2.75) is 82.5 Å². The molecule has 0 saturated carbocycles. The first-order valence-corrected chi connectivity index (χ1v) is 34.3. The molecule has 0 saturated heterocycles. The lowest BCUT2D eigenvalue weighted by atomic mass is 10.4. The largest absolute Gasteiger partial charge is 0.452 e. The maximum absolute atomic E-state index is 12.3. The fourth-order valence-corrected chi connectivity index (χ4v) is 4.53. The van der Waals surface area contributed by atoms with Gasteiger partial charge in [0.1, 0.15) is 26.4 Å². The summed E-state index contributed by atoms with van der Waals surface area (Å²) in [5.74, 6) is 230. The van der Waals surface area contributed by atoms with E-state index in [1.165, 1.54) is 0 Å². The Labute approximate surface area is 929 Å². The summed E-state index contributed by atoms with van der Waals surface area (Å²) in [6, 6.07) is 0. The lowest BCUT2D eigenvalue weighted by Crippen LogP contribution is -2.30. The molecule has 0 aliphatic rings. The van der Waals surface area contributed by atoms with Crippen molar-refractivity contribution in [2.24, 2.45) is 0 Å². The number of esters is 6. The SMILES string of the molecule is C.C.C#CC.C#CC.CC#CC#CC#CC#CC#CC#CC#CC#CC(=O)OCC(COC(=O)C#CC#CC#CC#CC#CC#CC#CC#CC)OC(=O)C#CC#CC#CC#CC#CC#CC#CC#CC.CC#CC#CC#CC#CC#CC#CC#CC#CC(=O)OCC(COC(=O)C#CC#CC#CC#CC#CC#CC#CC#CC)OC(=O)C#CC#CC#CC#CC#CC#CC#CC#CC.[HH].[HH].[HH].[HH].[HH].[HH].[HH].[HH].[HH].[HH].[HH].[HH].[HH].[HH].[HH].[HH].[HH].[HH].[HH].[HH].[HH].[HH].[HH].[HH].[HH].[HH].[HH].[HH].[HH].[HH].[HH].[HH].[HH].[HH].[HH].[HH].[HH].[HH].[HH].[HH].[HH].[HH].[HH].[HH].[HH].[HH].[HH].[HH].[HH].[HH].[HH].[HH].[HH].[HH].[HH].[HH].[HH].[HH].[HH].[HH].[HH].[HH].[HH].[HH].[HH].[HH].[HH].[HH].[HH].[HH].[HH].[HH].[HH].[HH].[HH].[HH].[HH].[HH].[HH].[HH].[HH].[HH].[HH].[HH].[HH].[HH].[HH].[HH].[HH].[HH].[HH].[HH].[HH].[HH]. The van der Waals surface area contributed by atoms with E-state index in [0.717, 1.165) is 0 Å². The van der Waals surface area contributed by atoms with Crippen LogP contribution in [0.1, 0.15) is 204 Å². The second kappa shape index (κ2) is 108. The molecule has 0 N–H and O–H groups in total. The first-order valence-electron chi connectivity index (χ1n) is 34.3. The molecule has 0 aliphatic carbocycles. The summed E-state index contributed by atoms with van der Waals surface area (Å²) in [4.78, 5) is 73.1. The van der Waals surface area contributed by atoms with E-state index in [-0.39, 0.29) is 149 Å². The molecule has 0 rings (SSSR count). The maximum Gasteiger partial charge on any atom is 0.385 e. The van der Waals surface area contributed by atoms with Crippen LogP contribution in [0.25, 0.3) is 0 Å². The first kappa shape index (κ1) is 120. The van der Waals surface area contributed by atoms with Crippen molar-refractivity contribution >= 4 is 35.8 Å². The van der Waals surface area contributed by atoms with Crippen molar-refractivity contribution < 1.29 is 191 Å². The number of ether oxygens (including phenoxy) is 6. The molecule has 0 amide bonds. The van der Waals surface area contributed by atoms with Crippen LogP contribution < -0.4 is 0 Å². The highest BCUT2D eigenvalue weighted by molar-refractivity contribution is 5.92. The second-order valence-electron chi connectivity index (χ2n) is 17.8. The molecule has 0 fully saturated rings. The second-order valence-corrected chi connectivity index (χ2v) is 17.8. The number of rotatable bonds is 10. The Morgan fingerprint density at radius 2 is 0.246 bits per heavy atom. The molecule has 0 atom stereocenters. The summed E-state index contributed by atoms with van der Waals surface area (Å²) < 4.78 is 30.2. The highest BCUT2D eigenvalue weighted by Crippen LogP contribution is 1.99. The summed E-state index contributed by atoms with van der Waals surface area (Å²) >= 11 is 0. The minimum absolute atomic E-state index is 0. The van der Waals surface area contributed by atoms with Crippen LogP contribution in [0.4, 0.5) is 0 Å². The number of hydrogen-bond donors (Lipinski definition) is 0. The van der Waals surface area contributed by atoms with Gasteiger partial charge in [-0.1, -0.05) is 50.4 Å². The lowest BCUT2D eigenvalue weighted by Gasteiger charge is -2.15. The summed E-state index contributed by atoms with van der Waals surface area (Å²) in [5.41, 5.74) is 0. The summed E-state index contributed by atoms with van der Waals surface area (Å²) in [5, 5.41) is 0. The Balaban J connectivity index is -0.0000000100. The zero-order chi connectivity index (χ0) is 97.0. The fraction of sp³-hybridized carbons (Fsp3) is 0.131. The van der Waals surface area contributed by atoms with Crippen molar-refractivity contribution in [3.8, 4) is 593 Å². The third-order valence-corrected chi connectivity index (χ3v) is 8.76. The Kier molecular flexibility index (Phi) is 96.3. The zero-order valence-electron chi connectivity index (χ0n) is 70.0. The van der Waals surface area contributed by atoms with Crippen LogP contribution in [0.2, 0.25) is 0 Å². The Morgan fingerprint density at radius 3 is 0.343 bits per heavy atom. The topological polar surface area (TPSA) is 158 Å². The summed E-state index contributed by atoms with van der Waals surface area (Å²) in [7, 11) is 0. The van der Waals surface area contributed by atoms with Crippen LogP contribution in [0.3, 0.4) is 0 Å². The van der Waals surface area contributed by atoms with Gasteiger partial charge in [0.05, 0.1) is 0 Å². The van der Waals surface area contributed by atoms with E-state index < -0.39 is 74.5 Å². The lowest BCUT2D eigenvalue weighted by molar-refractivity contribution is -0.159. The van der Waals surface area contributed by atoms with E-state index in [1.807, 2.05) is 0 Å². The standard InChI is InChI=1S/2C57H14O6.2C3H4.2CH4.94H2/c2*1-4-7-10-13-16-19-22-25-28-31-34-37-40-43-46-49-55(58)61-52-54(63-57(60)51-48-45-42-39-36-33-30-27-24-21-18-15-12-9-6-3)53-62-56(59)50-47-44-41-38-35-32-29-26-23-20-17-14-11-8-5-2;2*1-3-2;;;;;;;;;;;;;;;;;;;;;;;;;;;;;;;;;;;;;;;;;;;;;;;;;;;;;;;;;;;;;;;;;;;;;;;;;;;;;;;;;;;;;;;;;;;;;;;;/h2*54H,52-53H2,1-3H3;2*1H,2H3;2*1H4;94*1H. The summed E-state index contributed by atoms with van der Waals surface area (Å²) in [6.07, 6.45) is 6.52. The highest BCUT2D eigenvalue weighted by Gasteiger charge is 2.19. The van der Waals surface area contributed by atoms with Crippen LogP contribution in [-0.4, -0.2) is 74.5 Å². The molecule has 0 aromatic rings. The van der Waals surface area contributed by atoms with Crippen molar-refractivity contribution in [3.63, 3.8) is 0 Å². The number of hydrogen-bond acceptors (Lipinski definition) is 12. The highest BCUT2D eigenvalue weighted by atomic mass is 16.6. The van der Waals surface area contributed by atoms with Crippen LogP contribution >= 0.6 is 0 Å². The minimum atomic E-state index is -1.34. The molecular weight excluding hydrogens is 1660 g/mol. The molecule has 12 nitrogen and oxygen atoms in total. The van der Waals surface area contributed by atoms with Gasteiger partial charge in [-0.2, -0.15) is 0 Å². The minimum Gasteiger partial charge on any atom is -0.452 e. The predicted molar refractivity (Wildman–Crippen MR) is 712 cm³/mol. The average Bonchev–Trinajstić information content (AvgIpc) is 0.941. The van der Waals surface area contributed by atoms with E-state index in [0.29, 0.717) is 0 Å². The van der Waals surface area contributed by atoms with Crippen molar-refractivity contribution in [1.29, 1.82) is 0 Å². The molecule has 792 valence electrons. The molecule has 12 heteroatoms. The number of terminal acetylenes is 2. The molecule has 0 aromatic heterocycles. The molecular formula is C122H232O12. The van der Waals surface area contributed by atoms with Crippen LogP contribution in [-0.2, 0) is 57.2 Å². The quantitative estimate of drug-likeness (QED) is 0.0884. The maximum atomic E-state index is 12.3. The van der Waals surface area contributed by atoms with Gasteiger partial charge < -0.3 is 28.4 Å². The molecule has 0 spiro atoms. The van der Waals surface area contributed by atoms with E-state index >= 15 is 0 Å². The van der Waals surface area contributed by atoms with Crippen LogP contribution in [0.5, 0.6) is 0 Å². The van der Waals surface area contributed by atoms with Gasteiger partial charge in [0.2, 0.25) is 0 Å². The van der Waals surface area contributed by atoms with Gasteiger partial charge in [-0.25, -0.2) is 28.8 Å². The van der Waals surface area contributed by atoms with Crippen molar-refractivity contribution in [1.82, 2.24) is 0 Å². The smallest absolute Gasteiger partial charge is 0.385 e. The fourth-order valence-electron chi connectivity index (χ4n) is 4.53. The van der Waals surface area contributed by atoms with Gasteiger partial charge in [0.15, 0.2) is 12.2 Å². The number of carbonyl (C=O) groups excluding carboxylic acids is 6. The van der Waals surface area contributed by atoms with Crippen LogP contribution in [0.15, 0.2) is 0 Å². The Morgan fingerprint density at radius 1 is 0.164 bits per heavy atom. The monoisotopic (exact) mass is 1890 g/mol. The van der Waals surface area contributed by atoms with E-state index in [9.17, 15) is 28.8 Å². The van der Waals surface area contributed by atoms with E-state index in [2.05, 4.69) is 593 Å². The molecule has 0 unspecified atom stereocenters. The van der Waals surface area contributed by atoms with E-state index in [4.69, 9.17) is 28.4 Å².